The first kappa shape index (κ1) is 17.4. The molecule has 1 amide bonds. The molecule has 0 radical (unpaired) electrons. The van der Waals surface area contributed by atoms with Gasteiger partial charge in [-0.25, -0.2) is 0 Å². The molecule has 25 heavy (non-hydrogen) atoms. The van der Waals surface area contributed by atoms with Gasteiger partial charge in [0.05, 0.1) is 0 Å². The Hall–Kier alpha value is -2.43. The Morgan fingerprint density at radius 2 is 1.88 bits per heavy atom. The zero-order chi connectivity index (χ0) is 18.0. The number of rotatable bonds is 3. The van der Waals surface area contributed by atoms with E-state index in [1.165, 1.54) is 23.1 Å². The number of nitrogens with zero attached hydrogens (tertiary/aromatic N) is 3. The molecule has 0 aliphatic carbocycles. The molecule has 1 N–H and O–H groups in total. The van der Waals surface area contributed by atoms with Crippen LogP contribution in [0.25, 0.3) is 0 Å². The monoisotopic (exact) mass is 338 g/mol. The number of piperidine rings is 1. The van der Waals surface area contributed by atoms with Gasteiger partial charge in [0.25, 0.3) is 5.91 Å². The van der Waals surface area contributed by atoms with E-state index in [1.54, 1.807) is 6.07 Å². The third kappa shape index (κ3) is 3.98. The van der Waals surface area contributed by atoms with Crippen molar-refractivity contribution in [1.29, 1.82) is 0 Å². The number of aryl methyl sites for hydroxylation is 3. The minimum atomic E-state index is -0.0201. The molecule has 1 aliphatic rings. The van der Waals surface area contributed by atoms with E-state index in [-0.39, 0.29) is 5.91 Å². The zero-order valence-corrected chi connectivity index (χ0v) is 15.5. The van der Waals surface area contributed by atoms with Gasteiger partial charge in [-0.2, -0.15) is 0 Å². The van der Waals surface area contributed by atoms with Gasteiger partial charge in [0.1, 0.15) is 0 Å². The summed E-state index contributed by atoms with van der Waals surface area (Å²) in [6.45, 7) is 10.0. The van der Waals surface area contributed by atoms with E-state index in [0.29, 0.717) is 17.4 Å². The third-order valence-corrected chi connectivity index (χ3v) is 4.76. The SMILES string of the molecule is Cc1cc(C)c(Nc2ccc(C(=O)N3CCCC(C)C3)nn2)c(C)c1. The topological polar surface area (TPSA) is 58.1 Å². The summed E-state index contributed by atoms with van der Waals surface area (Å²) in [4.78, 5) is 14.5. The quantitative estimate of drug-likeness (QED) is 0.918. The van der Waals surface area contributed by atoms with Crippen LogP contribution < -0.4 is 5.32 Å². The standard InChI is InChI=1S/C20H26N4O/c1-13-6-5-9-24(12-13)20(25)17-7-8-18(23-22-17)21-19-15(3)10-14(2)11-16(19)4/h7-8,10-11,13H,5-6,9,12H2,1-4H3,(H,21,23). The lowest BCUT2D eigenvalue weighted by Gasteiger charge is -2.30. The van der Waals surface area contributed by atoms with Crippen molar-refractivity contribution in [3.05, 3.63) is 46.6 Å². The van der Waals surface area contributed by atoms with Crippen molar-refractivity contribution in [1.82, 2.24) is 15.1 Å². The van der Waals surface area contributed by atoms with Crippen LogP contribution in [0.2, 0.25) is 0 Å². The highest BCUT2D eigenvalue weighted by Gasteiger charge is 2.23. The first-order valence-electron chi connectivity index (χ1n) is 8.92. The molecule has 3 rings (SSSR count). The highest BCUT2D eigenvalue weighted by Crippen LogP contribution is 2.25. The first-order chi connectivity index (χ1) is 11.9. The average Bonchev–Trinajstić information content (AvgIpc) is 2.58. The van der Waals surface area contributed by atoms with Gasteiger partial charge in [0.2, 0.25) is 0 Å². The van der Waals surface area contributed by atoms with E-state index >= 15 is 0 Å². The normalized spacial score (nSPS) is 17.4. The van der Waals surface area contributed by atoms with E-state index in [2.05, 4.69) is 55.3 Å². The zero-order valence-electron chi connectivity index (χ0n) is 15.5. The van der Waals surface area contributed by atoms with Crippen LogP contribution >= 0.6 is 0 Å². The Bertz CT molecular complexity index is 747. The molecular formula is C20H26N4O. The van der Waals surface area contributed by atoms with Gasteiger partial charge in [-0.05, 0) is 62.8 Å². The molecule has 0 spiro atoms. The first-order valence-corrected chi connectivity index (χ1v) is 8.92. The lowest BCUT2D eigenvalue weighted by Crippen LogP contribution is -2.39. The van der Waals surface area contributed by atoms with E-state index < -0.39 is 0 Å². The second kappa shape index (κ2) is 7.21. The van der Waals surface area contributed by atoms with Gasteiger partial charge < -0.3 is 10.2 Å². The van der Waals surface area contributed by atoms with Crippen LogP contribution in [0.4, 0.5) is 11.5 Å². The number of nitrogens with one attached hydrogen (secondary N) is 1. The molecule has 2 aromatic rings. The van der Waals surface area contributed by atoms with Gasteiger partial charge >= 0.3 is 0 Å². The fraction of sp³-hybridized carbons (Fsp3) is 0.450. The predicted octanol–water partition coefficient (Wildman–Crippen LogP) is 4.02. The maximum absolute atomic E-state index is 12.6. The number of anilines is 2. The molecule has 2 heterocycles. The molecule has 1 fully saturated rings. The number of hydrogen-bond acceptors (Lipinski definition) is 4. The molecule has 1 atom stereocenters. The van der Waals surface area contributed by atoms with Crippen LogP contribution in [0.1, 0.15) is 46.9 Å². The van der Waals surface area contributed by atoms with Crippen LogP contribution in [0.5, 0.6) is 0 Å². The minimum absolute atomic E-state index is 0.0201. The number of aromatic nitrogens is 2. The van der Waals surface area contributed by atoms with E-state index in [9.17, 15) is 4.79 Å². The number of benzene rings is 1. The van der Waals surface area contributed by atoms with E-state index in [1.807, 2.05) is 11.0 Å². The summed E-state index contributed by atoms with van der Waals surface area (Å²) < 4.78 is 0. The highest BCUT2D eigenvalue weighted by molar-refractivity contribution is 5.92. The molecule has 1 aromatic heterocycles. The second-order valence-corrected chi connectivity index (χ2v) is 7.20. The van der Waals surface area contributed by atoms with Crippen LogP contribution in [-0.2, 0) is 0 Å². The Labute approximate surface area is 149 Å². The van der Waals surface area contributed by atoms with Gasteiger partial charge in [-0.15, -0.1) is 10.2 Å². The Morgan fingerprint density at radius 3 is 2.48 bits per heavy atom. The van der Waals surface area contributed by atoms with Crippen molar-refractivity contribution in [2.45, 2.75) is 40.5 Å². The maximum Gasteiger partial charge on any atom is 0.274 e. The molecule has 5 heteroatoms. The third-order valence-electron chi connectivity index (χ3n) is 4.76. The molecule has 1 saturated heterocycles. The summed E-state index contributed by atoms with van der Waals surface area (Å²) in [5, 5.41) is 11.7. The molecule has 1 unspecified atom stereocenters. The van der Waals surface area contributed by atoms with Gasteiger partial charge in [-0.1, -0.05) is 24.6 Å². The molecule has 132 valence electrons. The lowest BCUT2D eigenvalue weighted by atomic mass is 10.00. The van der Waals surface area contributed by atoms with Crippen molar-refractivity contribution in [3.63, 3.8) is 0 Å². The van der Waals surface area contributed by atoms with Crippen LogP contribution in [0.3, 0.4) is 0 Å². The van der Waals surface area contributed by atoms with Crippen molar-refractivity contribution < 1.29 is 4.79 Å². The molecule has 0 bridgehead atoms. The van der Waals surface area contributed by atoms with Crippen LogP contribution in [0.15, 0.2) is 24.3 Å². The predicted molar refractivity (Wildman–Crippen MR) is 100 cm³/mol. The summed E-state index contributed by atoms with van der Waals surface area (Å²) in [5.41, 5.74) is 5.03. The average molecular weight is 338 g/mol. The summed E-state index contributed by atoms with van der Waals surface area (Å²) >= 11 is 0. The summed E-state index contributed by atoms with van der Waals surface area (Å²) in [5.74, 6) is 1.19. The highest BCUT2D eigenvalue weighted by atomic mass is 16.2. The molecule has 0 saturated carbocycles. The maximum atomic E-state index is 12.6. The van der Waals surface area contributed by atoms with Crippen LogP contribution in [0, 0.1) is 26.7 Å². The van der Waals surface area contributed by atoms with E-state index in [0.717, 1.165) is 25.2 Å². The van der Waals surface area contributed by atoms with Crippen molar-refractivity contribution >= 4 is 17.4 Å². The fourth-order valence-electron chi connectivity index (χ4n) is 3.55. The molecule has 1 aliphatic heterocycles. The van der Waals surface area contributed by atoms with Crippen molar-refractivity contribution in [2.24, 2.45) is 5.92 Å². The largest absolute Gasteiger partial charge is 0.338 e. The van der Waals surface area contributed by atoms with Crippen molar-refractivity contribution in [3.8, 4) is 0 Å². The Morgan fingerprint density at radius 1 is 1.16 bits per heavy atom. The smallest absolute Gasteiger partial charge is 0.274 e. The minimum Gasteiger partial charge on any atom is -0.338 e. The molecule has 1 aromatic carbocycles. The number of likely N-dealkylation sites (tertiary alicyclic amines) is 1. The van der Waals surface area contributed by atoms with Gasteiger partial charge in [0.15, 0.2) is 11.5 Å². The second-order valence-electron chi connectivity index (χ2n) is 7.20. The number of carbonyl (C=O) groups excluding carboxylic acids is 1. The van der Waals surface area contributed by atoms with Gasteiger partial charge in [0, 0.05) is 18.8 Å². The molecule has 5 nitrogen and oxygen atoms in total. The number of amides is 1. The Balaban J connectivity index is 1.73. The van der Waals surface area contributed by atoms with Crippen molar-refractivity contribution in [2.75, 3.05) is 18.4 Å². The number of hydrogen-bond donors (Lipinski definition) is 1. The van der Waals surface area contributed by atoms with Gasteiger partial charge in [-0.3, -0.25) is 4.79 Å². The summed E-state index contributed by atoms with van der Waals surface area (Å²) in [6.07, 6.45) is 2.25. The van der Waals surface area contributed by atoms with Crippen LogP contribution in [-0.4, -0.2) is 34.1 Å². The molecular weight excluding hydrogens is 312 g/mol. The summed E-state index contributed by atoms with van der Waals surface area (Å²) in [6, 6.07) is 7.86. The lowest BCUT2D eigenvalue weighted by molar-refractivity contribution is 0.0676. The Kier molecular flexibility index (Phi) is 5.02. The van der Waals surface area contributed by atoms with E-state index in [4.69, 9.17) is 0 Å². The summed E-state index contributed by atoms with van der Waals surface area (Å²) in [7, 11) is 0. The number of carbonyl (C=O) groups is 1. The fourth-order valence-corrected chi connectivity index (χ4v) is 3.55.